The number of thioether (sulfide) groups is 1. The average Bonchev–Trinajstić information content (AvgIpc) is 3.44. The van der Waals surface area contributed by atoms with Crippen molar-refractivity contribution in [2.45, 2.75) is 43.8 Å². The smallest absolute Gasteiger partial charge is 0.230 e. The molecule has 0 radical (unpaired) electrons. The molecule has 1 amide bonds. The lowest BCUT2D eigenvalue weighted by Crippen LogP contribution is -2.26. The monoisotopic (exact) mass is 456 g/mol. The van der Waals surface area contributed by atoms with E-state index in [1.165, 1.54) is 36.6 Å². The van der Waals surface area contributed by atoms with Crippen LogP contribution >= 0.6 is 23.4 Å². The van der Waals surface area contributed by atoms with E-state index >= 15 is 0 Å². The Bertz CT molecular complexity index is 1030. The van der Waals surface area contributed by atoms with E-state index in [2.05, 4.69) is 21.6 Å². The highest BCUT2D eigenvalue weighted by Crippen LogP contribution is 2.26. The number of rotatable bonds is 9. The Balaban J connectivity index is 1.40. The molecule has 6 nitrogen and oxygen atoms in total. The van der Waals surface area contributed by atoms with Crippen molar-refractivity contribution in [3.05, 3.63) is 65.1 Å². The Morgan fingerprint density at radius 3 is 2.81 bits per heavy atom. The molecule has 8 heteroatoms. The summed E-state index contributed by atoms with van der Waals surface area (Å²) in [6.45, 7) is 1.16. The number of carbonyl (C=O) groups excluding carboxylic acids is 1. The third kappa shape index (κ3) is 6.02. The second kappa shape index (κ2) is 10.7. The molecule has 0 saturated carbocycles. The minimum Gasteiger partial charge on any atom is -0.467 e. The van der Waals surface area contributed by atoms with Gasteiger partial charge in [-0.05, 0) is 68.5 Å². The normalized spacial score (nSPS) is 13.8. The third-order valence-corrected chi connectivity index (χ3v) is 6.42. The van der Waals surface area contributed by atoms with Crippen molar-refractivity contribution in [1.29, 1.82) is 0 Å². The Morgan fingerprint density at radius 1 is 1.19 bits per heavy atom. The van der Waals surface area contributed by atoms with Gasteiger partial charge in [0, 0.05) is 17.1 Å². The molecule has 1 aromatic carbocycles. The van der Waals surface area contributed by atoms with Gasteiger partial charge in [0.25, 0.3) is 0 Å². The van der Waals surface area contributed by atoms with Gasteiger partial charge < -0.3 is 9.73 Å². The van der Waals surface area contributed by atoms with Gasteiger partial charge in [0.15, 0.2) is 11.0 Å². The molecule has 0 aliphatic heterocycles. The molecule has 3 aromatic rings. The van der Waals surface area contributed by atoms with E-state index in [9.17, 15) is 4.79 Å². The number of aromatic nitrogens is 3. The number of hydrogen-bond donors (Lipinski definition) is 1. The zero-order valence-electron chi connectivity index (χ0n) is 17.2. The van der Waals surface area contributed by atoms with Gasteiger partial charge in [0.1, 0.15) is 5.76 Å². The van der Waals surface area contributed by atoms with Crippen molar-refractivity contribution < 1.29 is 9.21 Å². The Kier molecular flexibility index (Phi) is 7.48. The van der Waals surface area contributed by atoms with Crippen LogP contribution < -0.4 is 5.32 Å². The molecule has 1 aliphatic carbocycles. The van der Waals surface area contributed by atoms with Crippen molar-refractivity contribution in [2.24, 2.45) is 0 Å². The first-order chi connectivity index (χ1) is 15.2. The lowest BCUT2D eigenvalue weighted by molar-refractivity contribution is -0.118. The van der Waals surface area contributed by atoms with Crippen LogP contribution in [-0.4, -0.2) is 33.0 Å². The summed E-state index contributed by atoms with van der Waals surface area (Å²) < 4.78 is 7.48. The number of benzene rings is 1. The fraction of sp³-hybridized carbons (Fsp3) is 0.348. The standard InChI is InChI=1S/C23H25ClN4O2S/c24-19-10-8-18(9-11-19)22-26-27-23(28(22)15-20-7-4-14-30-20)31-16-21(29)25-13-12-17-5-2-1-3-6-17/h4-5,7-11,14H,1-3,6,12-13,15-16H2,(H,25,29). The quantitative estimate of drug-likeness (QED) is 0.347. The van der Waals surface area contributed by atoms with Crippen LogP contribution in [0.2, 0.25) is 5.02 Å². The lowest BCUT2D eigenvalue weighted by atomic mass is 9.97. The molecule has 0 bridgehead atoms. The molecule has 31 heavy (non-hydrogen) atoms. The summed E-state index contributed by atoms with van der Waals surface area (Å²) in [5, 5.41) is 13.1. The number of furan rings is 1. The zero-order valence-corrected chi connectivity index (χ0v) is 18.8. The van der Waals surface area contributed by atoms with Crippen LogP contribution in [0.5, 0.6) is 0 Å². The highest BCUT2D eigenvalue weighted by Gasteiger charge is 2.17. The number of carbonyl (C=O) groups is 1. The first kappa shape index (κ1) is 21.7. The fourth-order valence-electron chi connectivity index (χ4n) is 3.58. The highest BCUT2D eigenvalue weighted by atomic mass is 35.5. The summed E-state index contributed by atoms with van der Waals surface area (Å²) >= 11 is 7.40. The van der Waals surface area contributed by atoms with Crippen molar-refractivity contribution in [2.75, 3.05) is 12.3 Å². The van der Waals surface area contributed by atoms with E-state index in [1.54, 1.807) is 6.26 Å². The molecular formula is C23H25ClN4O2S. The second-order valence-corrected chi connectivity index (χ2v) is 8.85. The van der Waals surface area contributed by atoms with E-state index in [0.29, 0.717) is 29.1 Å². The molecule has 2 heterocycles. The van der Waals surface area contributed by atoms with Gasteiger partial charge in [-0.25, -0.2) is 0 Å². The van der Waals surface area contributed by atoms with Crippen LogP contribution in [0.1, 0.15) is 37.9 Å². The molecule has 1 N–H and O–H groups in total. The van der Waals surface area contributed by atoms with Crippen LogP contribution in [0.15, 0.2) is 63.9 Å². The van der Waals surface area contributed by atoms with E-state index in [1.807, 2.05) is 41.0 Å². The maximum atomic E-state index is 12.4. The Labute approximate surface area is 191 Å². The molecule has 0 fully saturated rings. The van der Waals surface area contributed by atoms with E-state index < -0.39 is 0 Å². The molecule has 0 saturated heterocycles. The molecule has 2 aromatic heterocycles. The van der Waals surface area contributed by atoms with Crippen molar-refractivity contribution in [3.8, 4) is 11.4 Å². The van der Waals surface area contributed by atoms with E-state index in [4.69, 9.17) is 16.0 Å². The Hall–Kier alpha value is -2.51. The van der Waals surface area contributed by atoms with Crippen LogP contribution in [0.25, 0.3) is 11.4 Å². The third-order valence-electron chi connectivity index (χ3n) is 5.20. The SMILES string of the molecule is O=C(CSc1nnc(-c2ccc(Cl)cc2)n1Cc1ccco1)NCCC1=CCCCC1. The summed E-state index contributed by atoms with van der Waals surface area (Å²) in [5.74, 6) is 1.79. The molecule has 0 atom stereocenters. The van der Waals surface area contributed by atoms with Gasteiger partial charge in [-0.1, -0.05) is 35.0 Å². The van der Waals surface area contributed by atoms with Gasteiger partial charge in [0.2, 0.25) is 5.91 Å². The van der Waals surface area contributed by atoms with Crippen LogP contribution in [-0.2, 0) is 11.3 Å². The Morgan fingerprint density at radius 2 is 2.06 bits per heavy atom. The van der Waals surface area contributed by atoms with Crippen molar-refractivity contribution >= 4 is 29.3 Å². The van der Waals surface area contributed by atoms with Crippen LogP contribution in [0.3, 0.4) is 0 Å². The summed E-state index contributed by atoms with van der Waals surface area (Å²) in [4.78, 5) is 12.4. The number of halogens is 1. The minimum absolute atomic E-state index is 0.00185. The number of amides is 1. The van der Waals surface area contributed by atoms with Gasteiger partial charge >= 0.3 is 0 Å². The number of nitrogens with one attached hydrogen (secondary N) is 1. The number of allylic oxidation sites excluding steroid dienone is 1. The van der Waals surface area contributed by atoms with Crippen molar-refractivity contribution in [1.82, 2.24) is 20.1 Å². The van der Waals surface area contributed by atoms with Crippen LogP contribution in [0.4, 0.5) is 0 Å². The summed E-state index contributed by atoms with van der Waals surface area (Å²) in [6.07, 6.45) is 9.77. The fourth-order valence-corrected chi connectivity index (χ4v) is 4.48. The first-order valence-corrected chi connectivity index (χ1v) is 11.8. The minimum atomic E-state index is 0.00185. The van der Waals surface area contributed by atoms with E-state index in [0.717, 1.165) is 24.2 Å². The largest absolute Gasteiger partial charge is 0.467 e. The van der Waals surface area contributed by atoms with Gasteiger partial charge in [-0.3, -0.25) is 9.36 Å². The predicted octanol–water partition coefficient (Wildman–Crippen LogP) is 5.34. The average molecular weight is 457 g/mol. The number of hydrogen-bond acceptors (Lipinski definition) is 5. The second-order valence-electron chi connectivity index (χ2n) is 7.48. The number of nitrogens with zero attached hydrogens (tertiary/aromatic N) is 3. The lowest BCUT2D eigenvalue weighted by Gasteiger charge is -2.13. The maximum Gasteiger partial charge on any atom is 0.230 e. The molecule has 0 spiro atoms. The highest BCUT2D eigenvalue weighted by molar-refractivity contribution is 7.99. The van der Waals surface area contributed by atoms with Gasteiger partial charge in [-0.2, -0.15) is 0 Å². The van der Waals surface area contributed by atoms with Crippen molar-refractivity contribution in [3.63, 3.8) is 0 Å². The maximum absolute atomic E-state index is 12.4. The first-order valence-electron chi connectivity index (χ1n) is 10.5. The van der Waals surface area contributed by atoms with Gasteiger partial charge in [0.05, 0.1) is 18.6 Å². The van der Waals surface area contributed by atoms with Gasteiger partial charge in [-0.15, -0.1) is 10.2 Å². The van der Waals surface area contributed by atoms with E-state index in [-0.39, 0.29) is 11.7 Å². The zero-order chi connectivity index (χ0) is 21.5. The summed E-state index contributed by atoms with van der Waals surface area (Å²) in [5.41, 5.74) is 2.37. The molecule has 1 aliphatic rings. The molecule has 0 unspecified atom stereocenters. The predicted molar refractivity (Wildman–Crippen MR) is 123 cm³/mol. The molecule has 162 valence electrons. The summed E-state index contributed by atoms with van der Waals surface area (Å²) in [7, 11) is 0. The topological polar surface area (TPSA) is 73.0 Å². The molecule has 4 rings (SSSR count). The molecular weight excluding hydrogens is 432 g/mol. The summed E-state index contributed by atoms with van der Waals surface area (Å²) in [6, 6.07) is 11.2. The van der Waals surface area contributed by atoms with Crippen LogP contribution in [0, 0.1) is 0 Å².